The summed E-state index contributed by atoms with van der Waals surface area (Å²) in [6.45, 7) is 10.6. The van der Waals surface area contributed by atoms with Gasteiger partial charge in [0.15, 0.2) is 0 Å². The molecule has 23 heavy (non-hydrogen) atoms. The van der Waals surface area contributed by atoms with E-state index >= 15 is 0 Å². The summed E-state index contributed by atoms with van der Waals surface area (Å²) in [6.07, 6.45) is 6.31. The van der Waals surface area contributed by atoms with E-state index in [9.17, 15) is 14.4 Å². The molecule has 0 spiro atoms. The van der Waals surface area contributed by atoms with Crippen LogP contribution in [0.3, 0.4) is 0 Å². The van der Waals surface area contributed by atoms with Crippen molar-refractivity contribution in [1.29, 1.82) is 0 Å². The molecule has 1 atom stereocenters. The molecule has 0 aromatic rings. The number of carbonyl (C=O) groups excluding carboxylic acids is 3. The van der Waals surface area contributed by atoms with Crippen LogP contribution in [0.5, 0.6) is 0 Å². The summed E-state index contributed by atoms with van der Waals surface area (Å²) in [4.78, 5) is 36.7. The predicted molar refractivity (Wildman–Crippen MR) is 87.7 cm³/mol. The molecule has 128 valence electrons. The summed E-state index contributed by atoms with van der Waals surface area (Å²) in [6, 6.07) is -1.27. The number of urea groups is 1. The van der Waals surface area contributed by atoms with Crippen molar-refractivity contribution in [2.75, 3.05) is 0 Å². The van der Waals surface area contributed by atoms with E-state index in [4.69, 9.17) is 0 Å². The Bertz CT molecular complexity index is 532. The molecule has 1 aliphatic rings. The van der Waals surface area contributed by atoms with Gasteiger partial charge in [-0.05, 0) is 32.9 Å². The van der Waals surface area contributed by atoms with E-state index in [1.165, 1.54) is 17.4 Å². The zero-order chi connectivity index (χ0) is 17.8. The van der Waals surface area contributed by atoms with Crippen LogP contribution >= 0.6 is 0 Å². The molecule has 0 aliphatic carbocycles. The van der Waals surface area contributed by atoms with Gasteiger partial charge >= 0.3 is 6.03 Å². The normalized spacial score (nSPS) is 15.6. The first kappa shape index (κ1) is 18.7. The fourth-order valence-electron chi connectivity index (χ4n) is 1.81. The fourth-order valence-corrected chi connectivity index (χ4v) is 1.81. The molecule has 7 nitrogen and oxygen atoms in total. The van der Waals surface area contributed by atoms with Crippen LogP contribution in [-0.4, -0.2) is 39.9 Å². The van der Waals surface area contributed by atoms with Crippen molar-refractivity contribution in [1.82, 2.24) is 20.7 Å². The summed E-state index contributed by atoms with van der Waals surface area (Å²) in [5, 5.41) is 7.71. The summed E-state index contributed by atoms with van der Waals surface area (Å²) in [5.74, 6) is -0.508. The molecule has 0 unspecified atom stereocenters. The smallest absolute Gasteiger partial charge is 0.341 e. The second-order valence-corrected chi connectivity index (χ2v) is 6.76. The number of amides is 4. The van der Waals surface area contributed by atoms with Gasteiger partial charge in [-0.2, -0.15) is 0 Å². The zero-order valence-corrected chi connectivity index (χ0v) is 14.6. The summed E-state index contributed by atoms with van der Waals surface area (Å²) in [7, 11) is 0. The first-order valence-electron chi connectivity index (χ1n) is 7.62. The van der Waals surface area contributed by atoms with Crippen molar-refractivity contribution < 1.29 is 14.4 Å². The van der Waals surface area contributed by atoms with Gasteiger partial charge in [-0.1, -0.05) is 20.8 Å². The van der Waals surface area contributed by atoms with Gasteiger partial charge in [-0.3, -0.25) is 9.59 Å². The maximum Gasteiger partial charge on any atom is 0.341 e. The molecule has 0 saturated heterocycles. The monoisotopic (exact) mass is 322 g/mol. The van der Waals surface area contributed by atoms with Crippen LogP contribution in [-0.2, 0) is 9.59 Å². The first-order chi connectivity index (χ1) is 10.5. The predicted octanol–water partition coefficient (Wildman–Crippen LogP) is 1.74. The third-order valence-corrected chi connectivity index (χ3v) is 3.02. The van der Waals surface area contributed by atoms with Crippen LogP contribution in [0.1, 0.15) is 41.5 Å². The summed E-state index contributed by atoms with van der Waals surface area (Å²) in [5.41, 5.74) is -0.644. The van der Waals surface area contributed by atoms with Crippen molar-refractivity contribution in [2.45, 2.75) is 53.6 Å². The van der Waals surface area contributed by atoms with Crippen LogP contribution in [0.15, 0.2) is 24.6 Å². The number of rotatable bonds is 3. The lowest BCUT2D eigenvalue weighted by Crippen LogP contribution is -2.55. The lowest BCUT2D eigenvalue weighted by molar-refractivity contribution is -0.145. The Morgan fingerprint density at radius 3 is 1.91 bits per heavy atom. The van der Waals surface area contributed by atoms with E-state index in [0.29, 0.717) is 0 Å². The Labute approximate surface area is 137 Å². The zero-order valence-electron chi connectivity index (χ0n) is 14.6. The van der Waals surface area contributed by atoms with E-state index in [1.807, 2.05) is 13.8 Å². The van der Waals surface area contributed by atoms with E-state index in [-0.39, 0.29) is 17.9 Å². The maximum atomic E-state index is 12.4. The van der Waals surface area contributed by atoms with Crippen LogP contribution in [0.2, 0.25) is 0 Å². The molecule has 0 radical (unpaired) electrons. The van der Waals surface area contributed by atoms with Gasteiger partial charge in [0.2, 0.25) is 5.91 Å². The largest absolute Gasteiger partial charge is 0.352 e. The number of nitrogens with one attached hydrogen (secondary N) is 2. The highest BCUT2D eigenvalue weighted by atomic mass is 16.2. The minimum absolute atomic E-state index is 0.0152. The lowest BCUT2D eigenvalue weighted by Gasteiger charge is -2.35. The summed E-state index contributed by atoms with van der Waals surface area (Å²) < 4.78 is 0. The Kier molecular flexibility index (Phi) is 5.95. The maximum absolute atomic E-state index is 12.4. The molecule has 2 N–H and O–H groups in total. The first-order valence-corrected chi connectivity index (χ1v) is 7.62. The lowest BCUT2D eigenvalue weighted by atomic mass is 9.95. The SMILES string of the molecule is CC(C)NC(=O)[C@H](C)NC(=O)N1C=CC=CN1C(=O)C(C)(C)C. The average Bonchev–Trinajstić information content (AvgIpc) is 2.44. The van der Waals surface area contributed by atoms with Crippen molar-refractivity contribution >= 4 is 17.8 Å². The van der Waals surface area contributed by atoms with Crippen LogP contribution < -0.4 is 10.6 Å². The number of carbonyl (C=O) groups is 3. The highest BCUT2D eigenvalue weighted by molar-refractivity contribution is 5.89. The minimum atomic E-state index is -0.712. The number of allylic oxidation sites excluding steroid dienone is 2. The molecule has 0 aromatic heterocycles. The van der Waals surface area contributed by atoms with E-state index < -0.39 is 17.5 Å². The molecule has 7 heteroatoms. The van der Waals surface area contributed by atoms with Gasteiger partial charge in [0.1, 0.15) is 6.04 Å². The van der Waals surface area contributed by atoms with Crippen molar-refractivity contribution in [3.8, 4) is 0 Å². The second kappa shape index (κ2) is 7.30. The van der Waals surface area contributed by atoms with Gasteiger partial charge in [-0.25, -0.2) is 14.8 Å². The van der Waals surface area contributed by atoms with Gasteiger partial charge in [-0.15, -0.1) is 0 Å². The Hall–Kier alpha value is -2.31. The molecule has 0 saturated carbocycles. The molecular formula is C16H26N4O3. The second-order valence-electron chi connectivity index (χ2n) is 6.76. The van der Waals surface area contributed by atoms with Gasteiger partial charge in [0.05, 0.1) is 0 Å². The quantitative estimate of drug-likeness (QED) is 0.830. The number of nitrogens with zero attached hydrogens (tertiary/aromatic N) is 2. The van der Waals surface area contributed by atoms with E-state index in [0.717, 1.165) is 5.01 Å². The van der Waals surface area contributed by atoms with E-state index in [1.54, 1.807) is 39.8 Å². The highest BCUT2D eigenvalue weighted by Crippen LogP contribution is 2.21. The Morgan fingerprint density at radius 2 is 1.43 bits per heavy atom. The molecule has 0 aromatic carbocycles. The van der Waals surface area contributed by atoms with Crippen LogP contribution in [0.4, 0.5) is 4.79 Å². The van der Waals surface area contributed by atoms with Crippen molar-refractivity contribution in [2.24, 2.45) is 5.41 Å². The number of hydrogen-bond acceptors (Lipinski definition) is 3. The molecule has 0 bridgehead atoms. The molecule has 1 rings (SSSR count). The molecule has 4 amide bonds. The van der Waals surface area contributed by atoms with Gasteiger partial charge in [0, 0.05) is 23.9 Å². The average molecular weight is 322 g/mol. The number of hydrazine groups is 1. The molecule has 0 fully saturated rings. The summed E-state index contributed by atoms with van der Waals surface area (Å²) >= 11 is 0. The van der Waals surface area contributed by atoms with Crippen LogP contribution in [0.25, 0.3) is 0 Å². The highest BCUT2D eigenvalue weighted by Gasteiger charge is 2.33. The standard InChI is InChI=1S/C16H26N4O3/c1-11(2)17-13(21)12(3)18-15(23)20-10-8-7-9-19(20)14(22)16(4,5)6/h7-12H,1-6H3,(H,17,21)(H,18,23)/t12-/m0/s1. The van der Waals surface area contributed by atoms with Crippen molar-refractivity contribution in [3.05, 3.63) is 24.6 Å². The van der Waals surface area contributed by atoms with Crippen LogP contribution in [0, 0.1) is 5.41 Å². The van der Waals surface area contributed by atoms with Gasteiger partial charge < -0.3 is 10.6 Å². The van der Waals surface area contributed by atoms with E-state index in [2.05, 4.69) is 10.6 Å². The third-order valence-electron chi connectivity index (χ3n) is 3.02. The topological polar surface area (TPSA) is 81.8 Å². The minimum Gasteiger partial charge on any atom is -0.352 e. The third kappa shape index (κ3) is 5.12. The Balaban J connectivity index is 2.80. The van der Waals surface area contributed by atoms with Crippen molar-refractivity contribution in [3.63, 3.8) is 0 Å². The number of hydrogen-bond donors (Lipinski definition) is 2. The molecule has 1 aliphatic heterocycles. The Morgan fingerprint density at radius 1 is 0.913 bits per heavy atom. The fraction of sp³-hybridized carbons (Fsp3) is 0.562. The molecule has 1 heterocycles. The van der Waals surface area contributed by atoms with Gasteiger partial charge in [0.25, 0.3) is 5.91 Å². The molecular weight excluding hydrogens is 296 g/mol.